The van der Waals surface area contributed by atoms with E-state index >= 15 is 0 Å². The average Bonchev–Trinajstić information content (AvgIpc) is 2.91. The highest BCUT2D eigenvalue weighted by molar-refractivity contribution is 7.15. The van der Waals surface area contributed by atoms with Gasteiger partial charge in [-0.1, -0.05) is 0 Å². The molecule has 0 saturated heterocycles. The second kappa shape index (κ2) is 3.85. The van der Waals surface area contributed by atoms with Crippen molar-refractivity contribution in [3.8, 4) is 22.8 Å². The van der Waals surface area contributed by atoms with Gasteiger partial charge in [0.25, 0.3) is 0 Å². The first-order valence-corrected chi connectivity index (χ1v) is 6.02. The van der Waals surface area contributed by atoms with Crippen molar-refractivity contribution in [1.29, 1.82) is 0 Å². The van der Waals surface area contributed by atoms with Crippen molar-refractivity contribution in [2.75, 3.05) is 0 Å². The normalized spacial score (nSPS) is 10.9. The molecule has 6 heteroatoms. The summed E-state index contributed by atoms with van der Waals surface area (Å²) in [6.45, 7) is 0. The summed E-state index contributed by atoms with van der Waals surface area (Å²) in [5.41, 5.74) is 1.06. The third-order valence-corrected chi connectivity index (χ3v) is 3.40. The summed E-state index contributed by atoms with van der Waals surface area (Å²) in [4.78, 5) is 16.1. The van der Waals surface area contributed by atoms with E-state index in [0.717, 1.165) is 0 Å². The first kappa shape index (κ1) is 10.8. The smallest absolute Gasteiger partial charge is 0.194 e. The van der Waals surface area contributed by atoms with Gasteiger partial charge in [0.05, 0.1) is 0 Å². The number of thiazole rings is 1. The Morgan fingerprint density at radius 2 is 2.17 bits per heavy atom. The fraction of sp³-hybridized carbons (Fsp3) is 0. The Kier molecular flexibility index (Phi) is 2.31. The van der Waals surface area contributed by atoms with Gasteiger partial charge >= 0.3 is 0 Å². The summed E-state index contributed by atoms with van der Waals surface area (Å²) in [5, 5.41) is 21.1. The number of imidazole rings is 1. The Morgan fingerprint density at radius 1 is 1.33 bits per heavy atom. The van der Waals surface area contributed by atoms with Crippen molar-refractivity contribution in [1.82, 2.24) is 9.38 Å². The molecule has 0 unspecified atom stereocenters. The second-order valence-electron chi connectivity index (χ2n) is 3.72. The number of hydrogen-bond acceptors (Lipinski definition) is 5. The van der Waals surface area contributed by atoms with Crippen LogP contribution in [0.5, 0.6) is 11.5 Å². The lowest BCUT2D eigenvalue weighted by molar-refractivity contribution is 0.111. The maximum Gasteiger partial charge on any atom is 0.194 e. The Morgan fingerprint density at radius 3 is 2.94 bits per heavy atom. The maximum absolute atomic E-state index is 11.2. The van der Waals surface area contributed by atoms with Crippen LogP contribution < -0.4 is 0 Å². The molecular weight excluding hydrogens is 252 g/mol. The molecule has 0 aliphatic carbocycles. The molecule has 1 aromatic carbocycles. The van der Waals surface area contributed by atoms with Crippen LogP contribution in [-0.2, 0) is 0 Å². The minimum Gasteiger partial charge on any atom is -0.508 e. The van der Waals surface area contributed by atoms with Crippen LogP contribution in [0.2, 0.25) is 0 Å². The van der Waals surface area contributed by atoms with E-state index in [1.807, 2.05) is 5.38 Å². The summed E-state index contributed by atoms with van der Waals surface area (Å²) >= 11 is 1.39. The van der Waals surface area contributed by atoms with Crippen LogP contribution in [0.15, 0.2) is 29.8 Å². The molecule has 0 atom stereocenters. The Hall–Kier alpha value is -2.34. The van der Waals surface area contributed by atoms with Crippen molar-refractivity contribution in [3.63, 3.8) is 0 Å². The third kappa shape index (κ3) is 1.46. The minimum absolute atomic E-state index is 0.0102. The number of hydrogen-bond donors (Lipinski definition) is 2. The molecule has 0 aliphatic rings. The first-order chi connectivity index (χ1) is 8.70. The molecule has 2 N–H and O–H groups in total. The van der Waals surface area contributed by atoms with Crippen LogP contribution in [0.3, 0.4) is 0 Å². The van der Waals surface area contributed by atoms with Gasteiger partial charge in [0.15, 0.2) is 11.2 Å². The molecule has 18 heavy (non-hydrogen) atoms. The number of nitrogens with zero attached hydrogens (tertiary/aromatic N) is 2. The minimum atomic E-state index is -0.0262. The van der Waals surface area contributed by atoms with Gasteiger partial charge in [0.2, 0.25) is 0 Å². The number of aromatic hydroxyl groups is 2. The predicted molar refractivity (Wildman–Crippen MR) is 67.2 cm³/mol. The van der Waals surface area contributed by atoms with Gasteiger partial charge in [-0.2, -0.15) is 0 Å². The molecule has 5 nitrogen and oxygen atoms in total. The molecule has 0 fully saturated rings. The van der Waals surface area contributed by atoms with Crippen LogP contribution in [0.4, 0.5) is 0 Å². The monoisotopic (exact) mass is 260 g/mol. The fourth-order valence-corrected chi connectivity index (χ4v) is 2.55. The molecular formula is C12H8N2O3S. The summed E-state index contributed by atoms with van der Waals surface area (Å²) in [7, 11) is 0. The second-order valence-corrected chi connectivity index (χ2v) is 4.59. The topological polar surface area (TPSA) is 74.8 Å². The maximum atomic E-state index is 11.2. The number of fused-ring (bicyclic) bond motifs is 1. The summed E-state index contributed by atoms with van der Waals surface area (Å²) in [5.74, 6) is -0.0161. The van der Waals surface area contributed by atoms with E-state index < -0.39 is 0 Å². The SMILES string of the molecule is O=Cc1c(-c2cc(O)ccc2O)nc2sccn12. The summed E-state index contributed by atoms with van der Waals surface area (Å²) in [6, 6.07) is 4.12. The van der Waals surface area contributed by atoms with E-state index in [2.05, 4.69) is 4.98 Å². The Labute approximate surface area is 106 Å². The number of carbonyl (C=O) groups is 1. The Bertz CT molecular complexity index is 745. The summed E-state index contributed by atoms with van der Waals surface area (Å²) in [6.07, 6.45) is 2.42. The van der Waals surface area contributed by atoms with Gasteiger partial charge in [0.1, 0.15) is 22.9 Å². The Balaban J connectivity index is 2.33. The zero-order chi connectivity index (χ0) is 12.7. The zero-order valence-corrected chi connectivity index (χ0v) is 9.89. The molecule has 3 aromatic rings. The van der Waals surface area contributed by atoms with E-state index in [-0.39, 0.29) is 11.5 Å². The van der Waals surface area contributed by atoms with Crippen LogP contribution in [0, 0.1) is 0 Å². The van der Waals surface area contributed by atoms with Crippen LogP contribution in [0.1, 0.15) is 10.5 Å². The molecule has 0 aliphatic heterocycles. The third-order valence-electron chi connectivity index (χ3n) is 2.65. The predicted octanol–water partition coefficient (Wildman–Crippen LogP) is 2.29. The molecule has 0 bridgehead atoms. The van der Waals surface area contributed by atoms with Gasteiger partial charge in [-0.25, -0.2) is 4.98 Å². The quantitative estimate of drug-likeness (QED) is 0.547. The lowest BCUT2D eigenvalue weighted by atomic mass is 10.1. The molecule has 0 saturated carbocycles. The van der Waals surface area contributed by atoms with Gasteiger partial charge in [-0.05, 0) is 18.2 Å². The molecule has 2 heterocycles. The molecule has 2 aromatic heterocycles. The van der Waals surface area contributed by atoms with Crippen LogP contribution in [-0.4, -0.2) is 25.9 Å². The van der Waals surface area contributed by atoms with Gasteiger partial charge in [0, 0.05) is 17.1 Å². The number of rotatable bonds is 2. The lowest BCUT2D eigenvalue weighted by Crippen LogP contribution is -1.90. The number of aromatic nitrogens is 2. The number of phenols is 2. The zero-order valence-electron chi connectivity index (χ0n) is 9.07. The first-order valence-electron chi connectivity index (χ1n) is 5.14. The molecule has 90 valence electrons. The molecule has 0 radical (unpaired) electrons. The molecule has 0 amide bonds. The number of aldehydes is 1. The molecule has 0 spiro atoms. The lowest BCUT2D eigenvalue weighted by Gasteiger charge is -2.03. The highest BCUT2D eigenvalue weighted by atomic mass is 32.1. The van der Waals surface area contributed by atoms with Crippen molar-refractivity contribution in [2.24, 2.45) is 0 Å². The molecule has 3 rings (SSSR count). The largest absolute Gasteiger partial charge is 0.508 e. The van der Waals surface area contributed by atoms with Gasteiger partial charge < -0.3 is 10.2 Å². The highest BCUT2D eigenvalue weighted by Crippen LogP contribution is 2.34. The fourth-order valence-electron chi connectivity index (χ4n) is 1.83. The van der Waals surface area contributed by atoms with Crippen LogP contribution >= 0.6 is 11.3 Å². The highest BCUT2D eigenvalue weighted by Gasteiger charge is 2.17. The number of carbonyl (C=O) groups excluding carboxylic acids is 1. The van der Waals surface area contributed by atoms with Crippen molar-refractivity contribution in [2.45, 2.75) is 0 Å². The van der Waals surface area contributed by atoms with Gasteiger partial charge in [-0.3, -0.25) is 9.20 Å². The van der Waals surface area contributed by atoms with E-state index in [4.69, 9.17) is 0 Å². The van der Waals surface area contributed by atoms with Crippen molar-refractivity contribution in [3.05, 3.63) is 35.5 Å². The number of benzene rings is 1. The summed E-state index contributed by atoms with van der Waals surface area (Å²) < 4.78 is 1.65. The van der Waals surface area contributed by atoms with E-state index in [0.29, 0.717) is 28.2 Å². The van der Waals surface area contributed by atoms with Crippen molar-refractivity contribution < 1.29 is 15.0 Å². The standard InChI is InChI=1S/C12H8N2O3S/c15-6-9-11(13-12-14(9)3-4-18-12)8-5-7(16)1-2-10(8)17/h1-6,16-17H. The average molecular weight is 260 g/mol. The van der Waals surface area contributed by atoms with Crippen LogP contribution in [0.25, 0.3) is 16.2 Å². The van der Waals surface area contributed by atoms with Gasteiger partial charge in [-0.15, -0.1) is 11.3 Å². The van der Waals surface area contributed by atoms with E-state index in [1.54, 1.807) is 10.6 Å². The van der Waals surface area contributed by atoms with E-state index in [1.165, 1.54) is 29.5 Å². The van der Waals surface area contributed by atoms with Crippen molar-refractivity contribution >= 4 is 22.6 Å². The number of phenolic OH excluding ortho intramolecular Hbond substituents is 2. The van der Waals surface area contributed by atoms with E-state index in [9.17, 15) is 15.0 Å².